The zero-order valence-corrected chi connectivity index (χ0v) is 18.7. The highest BCUT2D eigenvalue weighted by Gasteiger charge is 2.33. The van der Waals surface area contributed by atoms with Crippen LogP contribution >= 0.6 is 0 Å². The summed E-state index contributed by atoms with van der Waals surface area (Å²) in [6, 6.07) is 6.72. The van der Waals surface area contributed by atoms with Gasteiger partial charge in [-0.15, -0.1) is 0 Å². The molecule has 0 bridgehead atoms. The van der Waals surface area contributed by atoms with Gasteiger partial charge < -0.3 is 10.2 Å². The second-order valence-corrected chi connectivity index (χ2v) is 8.98. The van der Waals surface area contributed by atoms with Crippen LogP contribution in [0.15, 0.2) is 36.8 Å². The molecule has 2 aromatic heterocycles. The molecule has 7 nitrogen and oxygen atoms in total. The van der Waals surface area contributed by atoms with Crippen LogP contribution in [-0.4, -0.2) is 55.8 Å². The van der Waals surface area contributed by atoms with Gasteiger partial charge in [-0.3, -0.25) is 14.7 Å². The summed E-state index contributed by atoms with van der Waals surface area (Å²) in [5.74, 6) is 0.829. The van der Waals surface area contributed by atoms with E-state index in [1.54, 1.807) is 18.5 Å². The molecule has 1 N–H and O–H groups in total. The molecule has 4 rings (SSSR count). The molecule has 166 valence electrons. The smallest absolute Gasteiger partial charge is 0.237 e. The molecule has 0 aromatic carbocycles. The van der Waals surface area contributed by atoms with Gasteiger partial charge >= 0.3 is 0 Å². The number of likely N-dealkylation sites (tertiary alicyclic amines) is 1. The van der Waals surface area contributed by atoms with Crippen LogP contribution in [0.3, 0.4) is 0 Å². The Kier molecular flexibility index (Phi) is 7.12. The molecule has 0 spiro atoms. The number of amides is 1. The summed E-state index contributed by atoms with van der Waals surface area (Å²) in [4.78, 5) is 30.9. The standard InChI is InChI=1S/C24H34N6O/c1-18(2)30(20-8-4-3-5-9-20)23(31)17-29-15-6-10-22(29)21-12-11-19(16-27-21)28-24-25-13-7-14-26-24/h7,11-14,16,18,20,22H,3-6,8-10,15,17H2,1-2H3,(H,25,26,28). The van der Waals surface area contributed by atoms with E-state index in [-0.39, 0.29) is 18.0 Å². The van der Waals surface area contributed by atoms with E-state index in [0.29, 0.717) is 18.5 Å². The van der Waals surface area contributed by atoms with E-state index in [0.717, 1.165) is 43.6 Å². The van der Waals surface area contributed by atoms with Gasteiger partial charge in [-0.1, -0.05) is 19.3 Å². The van der Waals surface area contributed by atoms with Crippen LogP contribution in [0, 0.1) is 0 Å². The van der Waals surface area contributed by atoms with Gasteiger partial charge in [0, 0.05) is 24.5 Å². The molecule has 1 atom stereocenters. The van der Waals surface area contributed by atoms with Gasteiger partial charge in [0.1, 0.15) is 0 Å². The maximum atomic E-state index is 13.3. The number of carbonyl (C=O) groups excluding carboxylic acids is 1. The molecular weight excluding hydrogens is 388 g/mol. The predicted octanol–water partition coefficient (Wildman–Crippen LogP) is 4.32. The summed E-state index contributed by atoms with van der Waals surface area (Å²) in [5, 5.41) is 3.17. The average molecular weight is 423 g/mol. The number of anilines is 2. The molecule has 2 fully saturated rings. The van der Waals surface area contributed by atoms with Crippen LogP contribution in [0.5, 0.6) is 0 Å². The first-order valence-corrected chi connectivity index (χ1v) is 11.7. The second kappa shape index (κ2) is 10.2. The molecule has 1 aliphatic heterocycles. The molecule has 0 radical (unpaired) electrons. The molecule has 1 aliphatic carbocycles. The Labute approximate surface area is 185 Å². The fourth-order valence-electron chi connectivity index (χ4n) is 5.05. The molecule has 1 saturated heterocycles. The van der Waals surface area contributed by atoms with Crippen molar-refractivity contribution in [2.45, 2.75) is 76.9 Å². The van der Waals surface area contributed by atoms with Crippen molar-refractivity contribution in [1.82, 2.24) is 24.8 Å². The predicted molar refractivity (Wildman–Crippen MR) is 122 cm³/mol. The van der Waals surface area contributed by atoms with E-state index in [4.69, 9.17) is 4.98 Å². The first-order valence-electron chi connectivity index (χ1n) is 11.7. The van der Waals surface area contributed by atoms with Crippen molar-refractivity contribution in [3.63, 3.8) is 0 Å². The number of carbonyl (C=O) groups is 1. The Morgan fingerprint density at radius 1 is 1.10 bits per heavy atom. The van der Waals surface area contributed by atoms with Gasteiger partial charge in [0.2, 0.25) is 11.9 Å². The Bertz CT molecular complexity index is 835. The maximum absolute atomic E-state index is 13.3. The number of pyridine rings is 1. The van der Waals surface area contributed by atoms with Gasteiger partial charge in [-0.25, -0.2) is 9.97 Å². The highest BCUT2D eigenvalue weighted by molar-refractivity contribution is 5.79. The minimum Gasteiger partial charge on any atom is -0.336 e. The number of nitrogens with one attached hydrogen (secondary N) is 1. The van der Waals surface area contributed by atoms with E-state index in [2.05, 4.69) is 45.0 Å². The zero-order valence-electron chi connectivity index (χ0n) is 18.7. The lowest BCUT2D eigenvalue weighted by atomic mass is 9.93. The minimum atomic E-state index is 0.200. The molecule has 2 aromatic rings. The Morgan fingerprint density at radius 2 is 1.87 bits per heavy atom. The van der Waals surface area contributed by atoms with Crippen molar-refractivity contribution in [3.05, 3.63) is 42.5 Å². The lowest BCUT2D eigenvalue weighted by Gasteiger charge is -2.38. The molecule has 1 amide bonds. The first-order chi connectivity index (χ1) is 15.1. The zero-order chi connectivity index (χ0) is 21.6. The Morgan fingerprint density at radius 3 is 2.55 bits per heavy atom. The van der Waals surface area contributed by atoms with Crippen molar-refractivity contribution in [3.8, 4) is 0 Å². The topological polar surface area (TPSA) is 74.2 Å². The summed E-state index contributed by atoms with van der Waals surface area (Å²) in [6.07, 6.45) is 13.5. The van der Waals surface area contributed by atoms with Gasteiger partial charge in [0.25, 0.3) is 0 Å². The molecular formula is C24H34N6O. The number of aromatic nitrogens is 3. The number of hydrogen-bond acceptors (Lipinski definition) is 6. The third-order valence-electron chi connectivity index (χ3n) is 6.46. The van der Waals surface area contributed by atoms with E-state index < -0.39 is 0 Å². The van der Waals surface area contributed by atoms with Crippen LogP contribution in [-0.2, 0) is 4.79 Å². The van der Waals surface area contributed by atoms with Crippen molar-refractivity contribution >= 4 is 17.5 Å². The highest BCUT2D eigenvalue weighted by atomic mass is 16.2. The average Bonchev–Trinajstić information content (AvgIpc) is 3.23. The largest absolute Gasteiger partial charge is 0.336 e. The lowest BCUT2D eigenvalue weighted by Crippen LogP contribution is -2.49. The Hall–Kier alpha value is -2.54. The number of hydrogen-bond donors (Lipinski definition) is 1. The van der Waals surface area contributed by atoms with Crippen molar-refractivity contribution in [2.75, 3.05) is 18.4 Å². The second-order valence-electron chi connectivity index (χ2n) is 8.98. The molecule has 7 heteroatoms. The third-order valence-corrected chi connectivity index (χ3v) is 6.46. The van der Waals surface area contributed by atoms with E-state index in [1.807, 2.05) is 12.3 Å². The monoisotopic (exact) mass is 422 g/mol. The van der Waals surface area contributed by atoms with Crippen LogP contribution in [0.4, 0.5) is 11.6 Å². The van der Waals surface area contributed by atoms with Crippen molar-refractivity contribution in [1.29, 1.82) is 0 Å². The van der Waals surface area contributed by atoms with Gasteiger partial charge in [-0.2, -0.15) is 0 Å². The van der Waals surface area contributed by atoms with E-state index >= 15 is 0 Å². The van der Waals surface area contributed by atoms with Crippen LogP contribution in [0.1, 0.15) is 70.5 Å². The van der Waals surface area contributed by atoms with Crippen LogP contribution in [0.2, 0.25) is 0 Å². The highest BCUT2D eigenvalue weighted by Crippen LogP contribution is 2.32. The van der Waals surface area contributed by atoms with E-state index in [9.17, 15) is 4.79 Å². The minimum absolute atomic E-state index is 0.200. The summed E-state index contributed by atoms with van der Waals surface area (Å²) < 4.78 is 0. The summed E-state index contributed by atoms with van der Waals surface area (Å²) >= 11 is 0. The maximum Gasteiger partial charge on any atom is 0.237 e. The normalized spacial score (nSPS) is 20.2. The Balaban J connectivity index is 1.40. The lowest BCUT2D eigenvalue weighted by molar-refractivity contribution is -0.137. The molecule has 1 saturated carbocycles. The fourth-order valence-corrected chi connectivity index (χ4v) is 5.05. The summed E-state index contributed by atoms with van der Waals surface area (Å²) in [7, 11) is 0. The fraction of sp³-hybridized carbons (Fsp3) is 0.583. The van der Waals surface area contributed by atoms with E-state index in [1.165, 1.54) is 19.3 Å². The van der Waals surface area contributed by atoms with Gasteiger partial charge in [0.05, 0.1) is 30.2 Å². The SMILES string of the molecule is CC(C)N(C(=O)CN1CCCC1c1ccc(Nc2ncccn2)cn1)C1CCCCC1. The summed E-state index contributed by atoms with van der Waals surface area (Å²) in [5.41, 5.74) is 1.89. The van der Waals surface area contributed by atoms with Gasteiger partial charge in [-0.05, 0) is 64.3 Å². The van der Waals surface area contributed by atoms with Crippen LogP contribution < -0.4 is 5.32 Å². The molecule has 31 heavy (non-hydrogen) atoms. The number of nitrogens with zero attached hydrogens (tertiary/aromatic N) is 5. The van der Waals surface area contributed by atoms with Crippen molar-refractivity contribution < 1.29 is 4.79 Å². The summed E-state index contributed by atoms with van der Waals surface area (Å²) in [6.45, 7) is 5.74. The third kappa shape index (κ3) is 5.39. The molecule has 3 heterocycles. The number of rotatable bonds is 7. The van der Waals surface area contributed by atoms with Crippen molar-refractivity contribution in [2.24, 2.45) is 0 Å². The molecule has 2 aliphatic rings. The van der Waals surface area contributed by atoms with Gasteiger partial charge in [0.15, 0.2) is 0 Å². The quantitative estimate of drug-likeness (QED) is 0.716. The first kappa shape index (κ1) is 21.7. The van der Waals surface area contributed by atoms with Crippen LogP contribution in [0.25, 0.3) is 0 Å². The molecule has 1 unspecified atom stereocenters.